The molecule has 2 aromatic rings. The average molecular weight is 400 g/mol. The van der Waals surface area contributed by atoms with E-state index in [1.54, 1.807) is 18.2 Å². The number of aromatic hydroxyl groups is 1. The Morgan fingerprint density at radius 1 is 1.18 bits per heavy atom. The number of aromatic carboxylic acids is 1. The molecule has 8 nitrogen and oxygen atoms in total. The maximum absolute atomic E-state index is 12.6. The van der Waals surface area contributed by atoms with Gasteiger partial charge in [-0.3, -0.25) is 14.4 Å². The Labute approximate surface area is 164 Å². The molecule has 1 atom stereocenters. The molecule has 2 aromatic carbocycles. The van der Waals surface area contributed by atoms with Crippen LogP contribution in [0.15, 0.2) is 42.5 Å². The van der Waals surface area contributed by atoms with Crippen LogP contribution in [0.2, 0.25) is 0 Å². The second-order valence-electron chi connectivity index (χ2n) is 6.17. The molecule has 9 heteroatoms. The van der Waals surface area contributed by atoms with Crippen LogP contribution in [0.3, 0.4) is 0 Å². The maximum Gasteiger partial charge on any atom is 0.339 e. The summed E-state index contributed by atoms with van der Waals surface area (Å²) in [6.45, 7) is 1.84. The van der Waals surface area contributed by atoms with Crippen molar-refractivity contribution in [2.45, 2.75) is 18.6 Å². The summed E-state index contributed by atoms with van der Waals surface area (Å²) in [5.41, 5.74) is 1.25. The third kappa shape index (κ3) is 3.99. The van der Waals surface area contributed by atoms with E-state index in [2.05, 4.69) is 5.32 Å². The summed E-state index contributed by atoms with van der Waals surface area (Å²) in [5, 5.41) is 19.8. The van der Waals surface area contributed by atoms with E-state index in [9.17, 15) is 24.3 Å². The number of nitrogens with zero attached hydrogens (tertiary/aromatic N) is 1. The summed E-state index contributed by atoms with van der Waals surface area (Å²) in [5.74, 6) is -2.79. The number of anilines is 2. The highest BCUT2D eigenvalue weighted by molar-refractivity contribution is 8.15. The third-order valence-electron chi connectivity index (χ3n) is 4.06. The number of phenols is 1. The van der Waals surface area contributed by atoms with Crippen molar-refractivity contribution in [2.24, 2.45) is 0 Å². The molecule has 144 valence electrons. The molecule has 3 rings (SSSR count). The molecule has 0 saturated carbocycles. The van der Waals surface area contributed by atoms with Crippen LogP contribution in [0.25, 0.3) is 0 Å². The standard InChI is InChI=1S/C19H16N2O6S/c1-10-3-2-4-12(7-10)21-17(24)15(28-19(21)27)9-16(23)20-11-5-6-13(18(25)26)14(22)8-11/h2-8,15,22H,9H2,1H3,(H,20,23)(H,25,26). The summed E-state index contributed by atoms with van der Waals surface area (Å²) in [7, 11) is 0. The van der Waals surface area contributed by atoms with Crippen LogP contribution in [0, 0.1) is 6.92 Å². The Kier molecular flexibility index (Phi) is 5.36. The van der Waals surface area contributed by atoms with Gasteiger partial charge in [-0.15, -0.1) is 0 Å². The Morgan fingerprint density at radius 2 is 1.93 bits per heavy atom. The number of aryl methyl sites for hydroxylation is 1. The van der Waals surface area contributed by atoms with Crippen molar-refractivity contribution >= 4 is 46.2 Å². The van der Waals surface area contributed by atoms with Gasteiger partial charge in [-0.1, -0.05) is 12.1 Å². The van der Waals surface area contributed by atoms with Gasteiger partial charge in [0.05, 0.1) is 5.69 Å². The first-order chi connectivity index (χ1) is 13.3. The van der Waals surface area contributed by atoms with Crippen molar-refractivity contribution in [1.29, 1.82) is 0 Å². The van der Waals surface area contributed by atoms with E-state index >= 15 is 0 Å². The van der Waals surface area contributed by atoms with Crippen LogP contribution in [0.5, 0.6) is 5.75 Å². The molecule has 0 aliphatic carbocycles. The molecular weight excluding hydrogens is 384 g/mol. The molecule has 0 aromatic heterocycles. The number of thioether (sulfide) groups is 1. The number of carbonyl (C=O) groups is 4. The molecule has 0 spiro atoms. The van der Waals surface area contributed by atoms with Crippen LogP contribution >= 0.6 is 11.8 Å². The molecule has 1 aliphatic heterocycles. The molecule has 28 heavy (non-hydrogen) atoms. The molecule has 1 heterocycles. The number of carboxylic acid groups (broad SMARTS) is 1. The van der Waals surface area contributed by atoms with Crippen LogP contribution in [-0.2, 0) is 9.59 Å². The number of nitrogens with one attached hydrogen (secondary N) is 1. The second kappa shape index (κ2) is 7.73. The maximum atomic E-state index is 12.6. The van der Waals surface area contributed by atoms with Gasteiger partial charge in [0.25, 0.3) is 5.24 Å². The second-order valence-corrected chi connectivity index (χ2v) is 7.33. The zero-order valence-electron chi connectivity index (χ0n) is 14.7. The highest BCUT2D eigenvalue weighted by Crippen LogP contribution is 2.34. The SMILES string of the molecule is Cc1cccc(N2C(=O)SC(CC(=O)Nc3ccc(C(=O)O)c(O)c3)C2=O)c1. The van der Waals surface area contributed by atoms with Crippen molar-refractivity contribution < 1.29 is 29.4 Å². The minimum Gasteiger partial charge on any atom is -0.507 e. The van der Waals surface area contributed by atoms with E-state index in [1.165, 1.54) is 6.07 Å². The van der Waals surface area contributed by atoms with E-state index in [-0.39, 0.29) is 17.7 Å². The first-order valence-electron chi connectivity index (χ1n) is 8.23. The van der Waals surface area contributed by atoms with Crippen molar-refractivity contribution in [3.8, 4) is 5.75 Å². The van der Waals surface area contributed by atoms with Gasteiger partial charge in [0.15, 0.2) is 0 Å². The van der Waals surface area contributed by atoms with Gasteiger partial charge in [-0.2, -0.15) is 0 Å². The van der Waals surface area contributed by atoms with Crippen LogP contribution in [0.1, 0.15) is 22.3 Å². The highest BCUT2D eigenvalue weighted by atomic mass is 32.2. The van der Waals surface area contributed by atoms with Crippen LogP contribution in [-0.4, -0.2) is 38.5 Å². The third-order valence-corrected chi connectivity index (χ3v) is 5.10. The largest absolute Gasteiger partial charge is 0.507 e. The lowest BCUT2D eigenvalue weighted by atomic mass is 10.1. The Morgan fingerprint density at radius 3 is 2.57 bits per heavy atom. The zero-order valence-corrected chi connectivity index (χ0v) is 15.5. The molecule has 1 aliphatic rings. The Balaban J connectivity index is 1.68. The van der Waals surface area contributed by atoms with Crippen LogP contribution in [0.4, 0.5) is 16.2 Å². The molecule has 1 unspecified atom stereocenters. The molecule has 0 bridgehead atoms. The normalized spacial score (nSPS) is 16.3. The number of benzene rings is 2. The first kappa shape index (κ1) is 19.4. The van der Waals surface area contributed by atoms with Gasteiger partial charge in [0.1, 0.15) is 16.6 Å². The lowest BCUT2D eigenvalue weighted by Crippen LogP contribution is -2.33. The average Bonchev–Trinajstić information content (AvgIpc) is 2.88. The predicted molar refractivity (Wildman–Crippen MR) is 104 cm³/mol. The Bertz CT molecular complexity index is 990. The summed E-state index contributed by atoms with van der Waals surface area (Å²) in [4.78, 5) is 49.0. The zero-order chi connectivity index (χ0) is 20.4. The van der Waals surface area contributed by atoms with E-state index in [0.717, 1.165) is 34.4 Å². The molecule has 1 saturated heterocycles. The lowest BCUT2D eigenvalue weighted by Gasteiger charge is -2.14. The summed E-state index contributed by atoms with van der Waals surface area (Å²) >= 11 is 0.780. The number of hydrogen-bond acceptors (Lipinski definition) is 6. The minimum absolute atomic E-state index is 0.185. The summed E-state index contributed by atoms with van der Waals surface area (Å²) < 4.78 is 0. The number of rotatable bonds is 5. The molecule has 3 amide bonds. The van der Waals surface area contributed by atoms with Crippen molar-refractivity contribution in [3.05, 3.63) is 53.6 Å². The number of amides is 3. The number of carboxylic acids is 1. The summed E-state index contributed by atoms with van der Waals surface area (Å²) in [6.07, 6.45) is -0.237. The van der Waals surface area contributed by atoms with Gasteiger partial charge < -0.3 is 15.5 Å². The van der Waals surface area contributed by atoms with E-state index in [4.69, 9.17) is 5.11 Å². The van der Waals surface area contributed by atoms with Gasteiger partial charge in [0.2, 0.25) is 11.8 Å². The van der Waals surface area contributed by atoms with Gasteiger partial charge in [0, 0.05) is 18.2 Å². The molecular formula is C19H16N2O6S. The number of carbonyl (C=O) groups excluding carboxylic acids is 3. The lowest BCUT2D eigenvalue weighted by molar-refractivity contribution is -0.121. The topological polar surface area (TPSA) is 124 Å². The Hall–Kier alpha value is -3.33. The summed E-state index contributed by atoms with van der Waals surface area (Å²) in [6, 6.07) is 10.5. The fourth-order valence-corrected chi connectivity index (χ4v) is 3.74. The van der Waals surface area contributed by atoms with Crippen molar-refractivity contribution in [3.63, 3.8) is 0 Å². The predicted octanol–water partition coefficient (Wildman–Crippen LogP) is 3.00. The van der Waals surface area contributed by atoms with Gasteiger partial charge >= 0.3 is 5.97 Å². The highest BCUT2D eigenvalue weighted by Gasteiger charge is 2.41. The van der Waals surface area contributed by atoms with E-state index < -0.39 is 34.0 Å². The number of hydrogen-bond donors (Lipinski definition) is 3. The smallest absolute Gasteiger partial charge is 0.339 e. The van der Waals surface area contributed by atoms with Gasteiger partial charge in [-0.05, 0) is 48.5 Å². The monoisotopic (exact) mass is 400 g/mol. The van der Waals surface area contributed by atoms with Crippen LogP contribution < -0.4 is 10.2 Å². The minimum atomic E-state index is -1.29. The fraction of sp³-hybridized carbons (Fsp3) is 0.158. The van der Waals surface area contributed by atoms with Crippen molar-refractivity contribution in [1.82, 2.24) is 0 Å². The molecule has 0 radical (unpaired) electrons. The van der Waals surface area contributed by atoms with E-state index in [1.807, 2.05) is 13.0 Å². The number of imide groups is 1. The quantitative estimate of drug-likeness (QED) is 0.705. The van der Waals surface area contributed by atoms with Crippen molar-refractivity contribution in [2.75, 3.05) is 10.2 Å². The molecule has 1 fully saturated rings. The fourth-order valence-electron chi connectivity index (χ4n) is 2.76. The first-order valence-corrected chi connectivity index (χ1v) is 9.11. The van der Waals surface area contributed by atoms with Gasteiger partial charge in [-0.25, -0.2) is 9.69 Å². The molecule has 3 N–H and O–H groups in total. The van der Waals surface area contributed by atoms with E-state index in [0.29, 0.717) is 5.69 Å².